The Morgan fingerprint density at radius 1 is 1.04 bits per heavy atom. The number of ether oxygens (including phenoxy) is 2. The summed E-state index contributed by atoms with van der Waals surface area (Å²) in [7, 11) is 1.68. The minimum Gasteiger partial charge on any atom is -0.497 e. The van der Waals surface area contributed by atoms with Crippen molar-refractivity contribution in [3.8, 4) is 5.75 Å². The highest BCUT2D eigenvalue weighted by molar-refractivity contribution is 5.27. The maximum Gasteiger partial charge on any atom is 0.157 e. The van der Waals surface area contributed by atoms with Crippen LogP contribution in [0.2, 0.25) is 0 Å². The lowest BCUT2D eigenvalue weighted by atomic mass is 10.2. The summed E-state index contributed by atoms with van der Waals surface area (Å²) in [6, 6.07) is 18.4. The lowest BCUT2D eigenvalue weighted by molar-refractivity contribution is 0.0252. The second-order valence-electron chi connectivity index (χ2n) is 6.37. The standard InChI is InChI=1S/C20H22N4O2/c1-25-18-9-7-17(8-10-18)13-23-11-12-26-20(23)19-15-24(22-21-19)14-16-5-3-2-4-6-16/h2-10,15,20H,11-14H2,1H3. The zero-order valence-corrected chi connectivity index (χ0v) is 14.8. The fourth-order valence-electron chi connectivity index (χ4n) is 3.18. The Kier molecular flexibility index (Phi) is 4.95. The Hall–Kier alpha value is -2.70. The molecule has 0 saturated carbocycles. The van der Waals surface area contributed by atoms with E-state index >= 15 is 0 Å². The van der Waals surface area contributed by atoms with Gasteiger partial charge in [0.2, 0.25) is 0 Å². The minimum atomic E-state index is -0.151. The monoisotopic (exact) mass is 350 g/mol. The van der Waals surface area contributed by atoms with E-state index in [1.807, 2.05) is 41.2 Å². The summed E-state index contributed by atoms with van der Waals surface area (Å²) in [5.74, 6) is 0.867. The molecule has 1 fully saturated rings. The molecule has 0 amide bonds. The van der Waals surface area contributed by atoms with Crippen molar-refractivity contribution >= 4 is 0 Å². The number of nitrogens with zero attached hydrogens (tertiary/aromatic N) is 4. The van der Waals surface area contributed by atoms with Gasteiger partial charge in [-0.3, -0.25) is 4.90 Å². The summed E-state index contributed by atoms with van der Waals surface area (Å²) < 4.78 is 13.0. The molecular weight excluding hydrogens is 328 g/mol. The van der Waals surface area contributed by atoms with E-state index in [4.69, 9.17) is 9.47 Å². The predicted molar refractivity (Wildman–Crippen MR) is 97.7 cm³/mol. The zero-order chi connectivity index (χ0) is 17.8. The van der Waals surface area contributed by atoms with Crippen LogP contribution in [0.15, 0.2) is 60.8 Å². The molecule has 0 aliphatic carbocycles. The van der Waals surface area contributed by atoms with Crippen LogP contribution in [0, 0.1) is 0 Å². The summed E-state index contributed by atoms with van der Waals surface area (Å²) in [6.45, 7) is 3.09. The van der Waals surface area contributed by atoms with Crippen LogP contribution in [0.5, 0.6) is 5.75 Å². The van der Waals surface area contributed by atoms with Crippen molar-refractivity contribution in [2.75, 3.05) is 20.3 Å². The predicted octanol–water partition coefficient (Wildman–Crippen LogP) is 2.87. The Balaban J connectivity index is 1.44. The molecule has 0 spiro atoms. The highest BCUT2D eigenvalue weighted by atomic mass is 16.5. The Bertz CT molecular complexity index is 833. The van der Waals surface area contributed by atoms with E-state index in [9.17, 15) is 0 Å². The van der Waals surface area contributed by atoms with Crippen molar-refractivity contribution in [2.24, 2.45) is 0 Å². The van der Waals surface area contributed by atoms with Crippen LogP contribution in [0.4, 0.5) is 0 Å². The molecule has 0 N–H and O–H groups in total. The van der Waals surface area contributed by atoms with E-state index in [0.717, 1.165) is 24.5 Å². The van der Waals surface area contributed by atoms with Crippen molar-refractivity contribution in [3.05, 3.63) is 77.6 Å². The van der Waals surface area contributed by atoms with Gasteiger partial charge in [0.15, 0.2) is 6.23 Å². The first-order valence-electron chi connectivity index (χ1n) is 8.74. The van der Waals surface area contributed by atoms with Gasteiger partial charge in [-0.05, 0) is 23.3 Å². The molecule has 1 unspecified atom stereocenters. The van der Waals surface area contributed by atoms with Crippen LogP contribution in [0.3, 0.4) is 0 Å². The molecule has 4 rings (SSSR count). The largest absolute Gasteiger partial charge is 0.497 e. The Morgan fingerprint density at radius 2 is 1.81 bits per heavy atom. The van der Waals surface area contributed by atoms with E-state index in [2.05, 4.69) is 39.5 Å². The van der Waals surface area contributed by atoms with E-state index < -0.39 is 0 Å². The summed E-state index contributed by atoms with van der Waals surface area (Å²) >= 11 is 0. The number of hydrogen-bond acceptors (Lipinski definition) is 5. The Labute approximate surface area is 153 Å². The van der Waals surface area contributed by atoms with E-state index in [1.54, 1.807) is 7.11 Å². The van der Waals surface area contributed by atoms with Crippen molar-refractivity contribution in [1.82, 2.24) is 19.9 Å². The molecular formula is C20H22N4O2. The third-order valence-electron chi connectivity index (χ3n) is 4.53. The van der Waals surface area contributed by atoms with E-state index in [1.165, 1.54) is 11.1 Å². The van der Waals surface area contributed by atoms with Crippen LogP contribution >= 0.6 is 0 Å². The summed E-state index contributed by atoms with van der Waals surface area (Å²) in [5.41, 5.74) is 3.27. The third kappa shape index (κ3) is 3.76. The van der Waals surface area contributed by atoms with Gasteiger partial charge in [-0.2, -0.15) is 0 Å². The molecule has 3 aromatic rings. The molecule has 1 aliphatic rings. The lowest BCUT2D eigenvalue weighted by Gasteiger charge is -2.21. The van der Waals surface area contributed by atoms with Crippen molar-refractivity contribution in [1.29, 1.82) is 0 Å². The third-order valence-corrected chi connectivity index (χ3v) is 4.53. The first-order valence-corrected chi connectivity index (χ1v) is 8.74. The van der Waals surface area contributed by atoms with Crippen molar-refractivity contribution in [2.45, 2.75) is 19.3 Å². The summed E-state index contributed by atoms with van der Waals surface area (Å²) in [5, 5.41) is 8.60. The number of methoxy groups -OCH3 is 1. The molecule has 1 saturated heterocycles. The maximum atomic E-state index is 5.92. The number of rotatable bonds is 6. The highest BCUT2D eigenvalue weighted by Gasteiger charge is 2.29. The van der Waals surface area contributed by atoms with Crippen LogP contribution < -0.4 is 4.74 Å². The first kappa shape index (κ1) is 16.8. The van der Waals surface area contributed by atoms with Gasteiger partial charge >= 0.3 is 0 Å². The fraction of sp³-hybridized carbons (Fsp3) is 0.300. The van der Waals surface area contributed by atoms with Crippen LogP contribution in [-0.4, -0.2) is 40.2 Å². The topological polar surface area (TPSA) is 52.4 Å². The molecule has 0 bridgehead atoms. The van der Waals surface area contributed by atoms with E-state index in [-0.39, 0.29) is 6.23 Å². The van der Waals surface area contributed by atoms with Crippen LogP contribution in [-0.2, 0) is 17.8 Å². The first-order chi connectivity index (χ1) is 12.8. The molecule has 1 aliphatic heterocycles. The molecule has 0 radical (unpaired) electrons. The SMILES string of the molecule is COc1ccc(CN2CCOC2c2cn(Cc3ccccc3)nn2)cc1. The Morgan fingerprint density at radius 3 is 2.58 bits per heavy atom. The molecule has 2 aromatic carbocycles. The van der Waals surface area contributed by atoms with Gasteiger partial charge in [-0.1, -0.05) is 47.7 Å². The van der Waals surface area contributed by atoms with Gasteiger partial charge in [0.25, 0.3) is 0 Å². The number of benzene rings is 2. The van der Waals surface area contributed by atoms with E-state index in [0.29, 0.717) is 13.2 Å². The molecule has 6 nitrogen and oxygen atoms in total. The van der Waals surface area contributed by atoms with Crippen molar-refractivity contribution < 1.29 is 9.47 Å². The second kappa shape index (κ2) is 7.68. The molecule has 2 heterocycles. The molecule has 1 atom stereocenters. The van der Waals surface area contributed by atoms with Crippen molar-refractivity contribution in [3.63, 3.8) is 0 Å². The van der Waals surface area contributed by atoms with Crippen LogP contribution in [0.25, 0.3) is 0 Å². The van der Waals surface area contributed by atoms with Gasteiger partial charge < -0.3 is 9.47 Å². The quantitative estimate of drug-likeness (QED) is 0.684. The van der Waals surface area contributed by atoms with Crippen LogP contribution in [0.1, 0.15) is 23.0 Å². The second-order valence-corrected chi connectivity index (χ2v) is 6.37. The highest BCUT2D eigenvalue weighted by Crippen LogP contribution is 2.27. The van der Waals surface area contributed by atoms with Gasteiger partial charge in [0.05, 0.1) is 26.5 Å². The lowest BCUT2D eigenvalue weighted by Crippen LogP contribution is -2.23. The summed E-state index contributed by atoms with van der Waals surface area (Å²) in [4.78, 5) is 2.28. The molecule has 1 aromatic heterocycles. The normalized spacial score (nSPS) is 17.5. The smallest absolute Gasteiger partial charge is 0.157 e. The molecule has 134 valence electrons. The summed E-state index contributed by atoms with van der Waals surface area (Å²) in [6.07, 6.45) is 1.82. The zero-order valence-electron chi connectivity index (χ0n) is 14.8. The molecule has 6 heteroatoms. The minimum absolute atomic E-state index is 0.151. The number of aromatic nitrogens is 3. The fourth-order valence-corrected chi connectivity index (χ4v) is 3.18. The van der Waals surface area contributed by atoms with Gasteiger partial charge in [0, 0.05) is 13.1 Å². The van der Waals surface area contributed by atoms with Gasteiger partial charge in [0.1, 0.15) is 11.4 Å². The van der Waals surface area contributed by atoms with Gasteiger partial charge in [-0.15, -0.1) is 5.10 Å². The number of hydrogen-bond donors (Lipinski definition) is 0. The van der Waals surface area contributed by atoms with Gasteiger partial charge in [-0.25, -0.2) is 4.68 Å². The average molecular weight is 350 g/mol. The molecule has 26 heavy (non-hydrogen) atoms. The average Bonchev–Trinajstić information content (AvgIpc) is 3.32. The maximum absolute atomic E-state index is 5.92.